The number of carbonyl (C=O) groups excluding carboxylic acids is 1. The molecular formula is C25H29N3O3. The highest BCUT2D eigenvalue weighted by atomic mass is 16.4. The summed E-state index contributed by atoms with van der Waals surface area (Å²) < 4.78 is 0. The van der Waals surface area contributed by atoms with E-state index in [9.17, 15) is 9.59 Å². The number of carboxylic acid groups (broad SMARTS) is 1. The smallest absolute Gasteiger partial charge is 0.305 e. The number of carboxylic acids is 1. The van der Waals surface area contributed by atoms with Crippen LogP contribution in [0.25, 0.3) is 10.9 Å². The van der Waals surface area contributed by atoms with Crippen molar-refractivity contribution in [2.75, 3.05) is 11.9 Å². The first-order valence-electron chi connectivity index (χ1n) is 10.6. The Morgan fingerprint density at radius 1 is 1.10 bits per heavy atom. The van der Waals surface area contributed by atoms with E-state index in [0.717, 1.165) is 34.1 Å². The summed E-state index contributed by atoms with van der Waals surface area (Å²) in [6, 6.07) is 15.8. The summed E-state index contributed by atoms with van der Waals surface area (Å²) in [4.78, 5) is 27.4. The summed E-state index contributed by atoms with van der Waals surface area (Å²) in [6.07, 6.45) is 2.70. The first-order chi connectivity index (χ1) is 14.8. The standard InChI is InChI=1S/C25H29N3O3/c1-16(2)13-22(28-21-14-20-6-4-5-17(3)24(20)27-15-21)18-7-9-19(10-8-18)25(31)26-12-11-23(29)30/h4-10,14-16,22,28H,11-13H2,1-3H3,(H,26,31)(H,29,30)/t22-/m1/s1. The molecule has 6 heteroatoms. The lowest BCUT2D eigenvalue weighted by Gasteiger charge is -2.23. The zero-order valence-electron chi connectivity index (χ0n) is 18.2. The maximum atomic E-state index is 12.2. The molecule has 0 unspecified atom stereocenters. The SMILES string of the molecule is Cc1cccc2cc(N[C@H](CC(C)C)c3ccc(C(=O)NCCC(=O)O)cc3)cnc12. The summed E-state index contributed by atoms with van der Waals surface area (Å²) in [7, 11) is 0. The Hall–Kier alpha value is -3.41. The fraction of sp³-hybridized carbons (Fsp3) is 0.320. The number of aliphatic carboxylic acids is 1. The maximum absolute atomic E-state index is 12.2. The lowest BCUT2D eigenvalue weighted by atomic mass is 9.95. The van der Waals surface area contributed by atoms with Crippen LogP contribution in [0.5, 0.6) is 0 Å². The van der Waals surface area contributed by atoms with Gasteiger partial charge in [0.2, 0.25) is 0 Å². The zero-order valence-corrected chi connectivity index (χ0v) is 18.2. The van der Waals surface area contributed by atoms with E-state index >= 15 is 0 Å². The van der Waals surface area contributed by atoms with Crippen LogP contribution in [0.3, 0.4) is 0 Å². The van der Waals surface area contributed by atoms with Gasteiger partial charge in [-0.2, -0.15) is 0 Å². The van der Waals surface area contributed by atoms with Crippen molar-refractivity contribution in [3.8, 4) is 0 Å². The van der Waals surface area contributed by atoms with Crippen LogP contribution in [-0.4, -0.2) is 28.5 Å². The number of nitrogens with one attached hydrogen (secondary N) is 2. The minimum absolute atomic E-state index is 0.0770. The second-order valence-electron chi connectivity index (χ2n) is 8.22. The van der Waals surface area contributed by atoms with Crippen molar-refractivity contribution >= 4 is 28.5 Å². The van der Waals surface area contributed by atoms with E-state index in [-0.39, 0.29) is 24.9 Å². The number of para-hydroxylation sites is 1. The second kappa shape index (κ2) is 10.1. The molecule has 162 valence electrons. The van der Waals surface area contributed by atoms with Crippen LogP contribution in [0.1, 0.15) is 54.2 Å². The van der Waals surface area contributed by atoms with Crippen LogP contribution < -0.4 is 10.6 Å². The summed E-state index contributed by atoms with van der Waals surface area (Å²) in [5, 5.41) is 16.0. The molecule has 1 atom stereocenters. The third kappa shape index (κ3) is 6.04. The lowest BCUT2D eigenvalue weighted by molar-refractivity contribution is -0.136. The number of hydrogen-bond acceptors (Lipinski definition) is 4. The molecule has 0 fully saturated rings. The fourth-order valence-electron chi connectivity index (χ4n) is 3.60. The van der Waals surface area contributed by atoms with E-state index < -0.39 is 5.97 Å². The molecule has 2 aromatic carbocycles. The Labute approximate surface area is 182 Å². The van der Waals surface area contributed by atoms with Crippen LogP contribution in [-0.2, 0) is 4.79 Å². The summed E-state index contributed by atoms with van der Waals surface area (Å²) in [5.74, 6) is -0.723. The van der Waals surface area contributed by atoms with Crippen molar-refractivity contribution in [2.45, 2.75) is 39.7 Å². The van der Waals surface area contributed by atoms with E-state index in [0.29, 0.717) is 11.5 Å². The Kier molecular flexibility index (Phi) is 7.23. The summed E-state index contributed by atoms with van der Waals surface area (Å²) >= 11 is 0. The highest BCUT2D eigenvalue weighted by molar-refractivity contribution is 5.94. The first kappa shape index (κ1) is 22.3. The third-order valence-electron chi connectivity index (χ3n) is 5.16. The molecule has 31 heavy (non-hydrogen) atoms. The Bertz CT molecular complexity index is 1060. The largest absolute Gasteiger partial charge is 0.481 e. The predicted molar refractivity (Wildman–Crippen MR) is 123 cm³/mol. The van der Waals surface area contributed by atoms with Gasteiger partial charge >= 0.3 is 5.97 Å². The molecule has 0 saturated carbocycles. The molecule has 0 aliphatic rings. The predicted octanol–water partition coefficient (Wildman–Crippen LogP) is 4.95. The number of aromatic nitrogens is 1. The Morgan fingerprint density at radius 3 is 2.52 bits per heavy atom. The van der Waals surface area contributed by atoms with Crippen molar-refractivity contribution in [3.05, 3.63) is 71.4 Å². The number of amides is 1. The van der Waals surface area contributed by atoms with E-state index in [1.807, 2.05) is 24.4 Å². The van der Waals surface area contributed by atoms with Crippen LogP contribution in [0.4, 0.5) is 5.69 Å². The monoisotopic (exact) mass is 419 g/mol. The molecule has 1 heterocycles. The number of nitrogens with zero attached hydrogens (tertiary/aromatic N) is 1. The molecule has 1 amide bonds. The van der Waals surface area contributed by atoms with E-state index in [2.05, 4.69) is 54.6 Å². The number of aryl methyl sites for hydroxylation is 1. The van der Waals surface area contributed by atoms with Gasteiger partial charge in [0.25, 0.3) is 5.91 Å². The van der Waals surface area contributed by atoms with E-state index in [4.69, 9.17) is 5.11 Å². The minimum Gasteiger partial charge on any atom is -0.481 e. The molecule has 0 radical (unpaired) electrons. The minimum atomic E-state index is -0.934. The van der Waals surface area contributed by atoms with Crippen LogP contribution in [0.15, 0.2) is 54.7 Å². The number of benzene rings is 2. The zero-order chi connectivity index (χ0) is 22.4. The molecule has 0 spiro atoms. The molecule has 3 N–H and O–H groups in total. The molecule has 0 aliphatic heterocycles. The van der Waals surface area contributed by atoms with Crippen LogP contribution >= 0.6 is 0 Å². The fourth-order valence-corrected chi connectivity index (χ4v) is 3.60. The van der Waals surface area contributed by atoms with Crippen molar-refractivity contribution in [1.82, 2.24) is 10.3 Å². The maximum Gasteiger partial charge on any atom is 0.305 e. The Morgan fingerprint density at radius 2 is 1.84 bits per heavy atom. The van der Waals surface area contributed by atoms with Crippen molar-refractivity contribution in [2.24, 2.45) is 5.92 Å². The van der Waals surface area contributed by atoms with Crippen LogP contribution in [0, 0.1) is 12.8 Å². The number of hydrogen-bond donors (Lipinski definition) is 3. The molecule has 3 aromatic rings. The number of rotatable bonds is 9. The lowest BCUT2D eigenvalue weighted by Crippen LogP contribution is -2.26. The van der Waals surface area contributed by atoms with Gasteiger partial charge in [-0.15, -0.1) is 0 Å². The molecule has 3 rings (SSSR count). The van der Waals surface area contributed by atoms with Gasteiger partial charge in [0.1, 0.15) is 0 Å². The van der Waals surface area contributed by atoms with Gasteiger partial charge in [-0.05, 0) is 48.6 Å². The van der Waals surface area contributed by atoms with Gasteiger partial charge in [-0.3, -0.25) is 14.6 Å². The second-order valence-corrected chi connectivity index (χ2v) is 8.22. The molecule has 0 aliphatic carbocycles. The van der Waals surface area contributed by atoms with Gasteiger partial charge in [0, 0.05) is 17.5 Å². The van der Waals surface area contributed by atoms with Gasteiger partial charge in [0.05, 0.1) is 29.9 Å². The van der Waals surface area contributed by atoms with E-state index in [1.54, 1.807) is 12.1 Å². The topological polar surface area (TPSA) is 91.3 Å². The number of carbonyl (C=O) groups is 2. The average molecular weight is 420 g/mol. The van der Waals surface area contributed by atoms with E-state index in [1.165, 1.54) is 0 Å². The molecular weight excluding hydrogens is 390 g/mol. The van der Waals surface area contributed by atoms with Gasteiger partial charge < -0.3 is 15.7 Å². The number of pyridine rings is 1. The molecule has 6 nitrogen and oxygen atoms in total. The highest BCUT2D eigenvalue weighted by Gasteiger charge is 2.15. The summed E-state index contributed by atoms with van der Waals surface area (Å²) in [6.45, 7) is 6.53. The van der Waals surface area contributed by atoms with Gasteiger partial charge in [0.15, 0.2) is 0 Å². The average Bonchev–Trinajstić information content (AvgIpc) is 2.73. The third-order valence-corrected chi connectivity index (χ3v) is 5.16. The summed E-state index contributed by atoms with van der Waals surface area (Å²) in [5.41, 5.74) is 4.71. The number of anilines is 1. The van der Waals surface area contributed by atoms with Crippen molar-refractivity contribution < 1.29 is 14.7 Å². The molecule has 0 bridgehead atoms. The molecule has 1 aromatic heterocycles. The highest BCUT2D eigenvalue weighted by Crippen LogP contribution is 2.28. The quantitative estimate of drug-likeness (QED) is 0.457. The van der Waals surface area contributed by atoms with Crippen molar-refractivity contribution in [3.63, 3.8) is 0 Å². The van der Waals surface area contributed by atoms with Crippen LogP contribution in [0.2, 0.25) is 0 Å². The van der Waals surface area contributed by atoms with Crippen molar-refractivity contribution in [1.29, 1.82) is 0 Å². The van der Waals surface area contributed by atoms with Gasteiger partial charge in [-0.25, -0.2) is 0 Å². The van der Waals surface area contributed by atoms with Gasteiger partial charge in [-0.1, -0.05) is 44.2 Å². The Balaban J connectivity index is 1.76. The first-order valence-corrected chi connectivity index (χ1v) is 10.6. The normalized spacial score (nSPS) is 12.0. The molecule has 0 saturated heterocycles. The number of fused-ring (bicyclic) bond motifs is 1.